The fourth-order valence-corrected chi connectivity index (χ4v) is 4.55. The average molecular weight is 364 g/mol. The first-order valence-corrected chi connectivity index (χ1v) is 9.68. The number of alkyl halides is 3. The van der Waals surface area contributed by atoms with Crippen molar-refractivity contribution in [1.29, 1.82) is 0 Å². The van der Waals surface area contributed by atoms with E-state index in [0.29, 0.717) is 19.0 Å². The molecule has 0 spiro atoms. The van der Waals surface area contributed by atoms with Crippen molar-refractivity contribution in [2.24, 2.45) is 5.92 Å². The molecule has 0 unspecified atom stereocenters. The van der Waals surface area contributed by atoms with Crippen LogP contribution in [0.2, 0.25) is 0 Å². The molecular weight excluding hydrogens is 341 g/mol. The minimum atomic E-state index is -4.55. The summed E-state index contributed by atoms with van der Waals surface area (Å²) >= 11 is 0. The van der Waals surface area contributed by atoms with Crippen LogP contribution in [0.5, 0.6) is 0 Å². The number of piperidine rings is 1. The van der Waals surface area contributed by atoms with E-state index in [0.717, 1.165) is 32.0 Å². The second kappa shape index (κ2) is 7.84. The molecule has 4 nitrogen and oxygen atoms in total. The first-order valence-electron chi connectivity index (χ1n) is 8.07. The third kappa shape index (κ3) is 4.94. The maximum absolute atomic E-state index is 13.0. The molecule has 0 bridgehead atoms. The first-order chi connectivity index (χ1) is 11.2. The minimum Gasteiger partial charge on any atom is -0.317 e. The quantitative estimate of drug-likeness (QED) is 0.844. The lowest BCUT2D eigenvalue weighted by Crippen LogP contribution is -2.41. The van der Waals surface area contributed by atoms with Crippen molar-refractivity contribution in [3.63, 3.8) is 0 Å². The first kappa shape index (κ1) is 19.2. The topological polar surface area (TPSA) is 49.4 Å². The van der Waals surface area contributed by atoms with Gasteiger partial charge in [0.15, 0.2) is 0 Å². The van der Waals surface area contributed by atoms with Crippen molar-refractivity contribution in [2.75, 3.05) is 26.2 Å². The number of halogens is 3. The predicted octanol–water partition coefficient (Wildman–Crippen LogP) is 2.86. The molecule has 0 atom stereocenters. The molecule has 24 heavy (non-hydrogen) atoms. The van der Waals surface area contributed by atoms with Gasteiger partial charge in [-0.3, -0.25) is 0 Å². The highest BCUT2D eigenvalue weighted by atomic mass is 32.2. The Hall–Kier alpha value is -1.12. The summed E-state index contributed by atoms with van der Waals surface area (Å²) in [6.07, 6.45) is -3.09. The van der Waals surface area contributed by atoms with Gasteiger partial charge in [-0.25, -0.2) is 12.7 Å². The van der Waals surface area contributed by atoms with Gasteiger partial charge in [-0.2, -0.15) is 13.2 Å². The van der Waals surface area contributed by atoms with Crippen LogP contribution in [0.4, 0.5) is 13.2 Å². The van der Waals surface area contributed by atoms with Crippen LogP contribution in [0.3, 0.4) is 0 Å². The third-order valence-electron chi connectivity index (χ3n) is 4.31. The van der Waals surface area contributed by atoms with E-state index in [4.69, 9.17) is 0 Å². The molecule has 0 amide bonds. The molecule has 2 rings (SSSR count). The van der Waals surface area contributed by atoms with Crippen molar-refractivity contribution >= 4 is 10.0 Å². The zero-order valence-electron chi connectivity index (χ0n) is 13.6. The van der Waals surface area contributed by atoms with E-state index in [1.807, 2.05) is 6.92 Å². The largest absolute Gasteiger partial charge is 0.416 e. The molecule has 1 aromatic carbocycles. The number of benzene rings is 1. The summed E-state index contributed by atoms with van der Waals surface area (Å²) in [6.45, 7) is 4.46. The maximum Gasteiger partial charge on any atom is 0.416 e. The molecule has 136 valence electrons. The van der Waals surface area contributed by atoms with Crippen LogP contribution in [-0.4, -0.2) is 38.9 Å². The van der Waals surface area contributed by atoms with Crippen LogP contribution < -0.4 is 5.32 Å². The fraction of sp³-hybridized carbons (Fsp3) is 0.625. The van der Waals surface area contributed by atoms with Crippen molar-refractivity contribution < 1.29 is 21.6 Å². The van der Waals surface area contributed by atoms with Crippen LogP contribution in [0.1, 0.15) is 30.9 Å². The van der Waals surface area contributed by atoms with Crippen LogP contribution >= 0.6 is 0 Å². The Labute approximate surface area is 141 Å². The van der Waals surface area contributed by atoms with E-state index in [2.05, 4.69) is 5.32 Å². The zero-order valence-corrected chi connectivity index (χ0v) is 14.5. The second-order valence-corrected chi connectivity index (χ2v) is 8.03. The smallest absolute Gasteiger partial charge is 0.317 e. The van der Waals surface area contributed by atoms with Crippen LogP contribution in [0.25, 0.3) is 0 Å². The molecule has 1 saturated heterocycles. The van der Waals surface area contributed by atoms with Gasteiger partial charge in [-0.15, -0.1) is 0 Å². The van der Waals surface area contributed by atoms with Crippen LogP contribution in [0, 0.1) is 5.92 Å². The summed E-state index contributed by atoms with van der Waals surface area (Å²) in [5.41, 5.74) is -1.07. The number of hydrogen-bond donors (Lipinski definition) is 1. The summed E-state index contributed by atoms with van der Waals surface area (Å²) in [5, 5.41) is 3.24. The van der Waals surface area contributed by atoms with Crippen LogP contribution in [0.15, 0.2) is 24.3 Å². The van der Waals surface area contributed by atoms with Gasteiger partial charge in [-0.1, -0.05) is 25.1 Å². The predicted molar refractivity (Wildman–Crippen MR) is 86.9 cm³/mol. The average Bonchev–Trinajstić information content (AvgIpc) is 2.52. The zero-order chi connectivity index (χ0) is 17.8. The SMILES string of the molecule is CCNCC1CCN(S(=O)(=O)Cc2ccccc2C(F)(F)F)CC1. The van der Waals surface area contributed by atoms with Crippen LogP contribution in [-0.2, 0) is 22.0 Å². The Kier molecular flexibility index (Phi) is 6.28. The Balaban J connectivity index is 2.05. The van der Waals surface area contributed by atoms with Gasteiger partial charge in [0.25, 0.3) is 0 Å². The van der Waals surface area contributed by atoms with Crippen molar-refractivity contribution in [2.45, 2.75) is 31.7 Å². The summed E-state index contributed by atoms with van der Waals surface area (Å²) in [6, 6.07) is 4.86. The number of hydrogen-bond acceptors (Lipinski definition) is 3. The van der Waals surface area contributed by atoms with E-state index in [1.54, 1.807) is 0 Å². The molecule has 1 fully saturated rings. The van der Waals surface area contributed by atoms with Gasteiger partial charge < -0.3 is 5.32 Å². The molecule has 0 aromatic heterocycles. The Morgan fingerprint density at radius 3 is 2.42 bits per heavy atom. The highest BCUT2D eigenvalue weighted by Crippen LogP contribution is 2.33. The molecule has 0 saturated carbocycles. The monoisotopic (exact) mass is 364 g/mol. The van der Waals surface area contributed by atoms with Crippen molar-refractivity contribution in [3.8, 4) is 0 Å². The lowest BCUT2D eigenvalue weighted by molar-refractivity contribution is -0.138. The number of sulfonamides is 1. The molecule has 8 heteroatoms. The highest BCUT2D eigenvalue weighted by Gasteiger charge is 2.35. The number of nitrogens with one attached hydrogen (secondary N) is 1. The van der Waals surface area contributed by atoms with Gasteiger partial charge in [0.1, 0.15) is 0 Å². The second-order valence-electron chi connectivity index (χ2n) is 6.06. The molecule has 1 aliphatic rings. The lowest BCUT2D eigenvalue weighted by Gasteiger charge is -2.31. The summed E-state index contributed by atoms with van der Waals surface area (Å²) in [7, 11) is -3.75. The van der Waals surface area contributed by atoms with Gasteiger partial charge >= 0.3 is 6.18 Å². The normalized spacial score (nSPS) is 18.0. The molecule has 1 aliphatic heterocycles. The van der Waals surface area contributed by atoms with Gasteiger partial charge in [0.2, 0.25) is 10.0 Å². The van der Waals surface area contributed by atoms with Crippen molar-refractivity contribution in [1.82, 2.24) is 9.62 Å². The van der Waals surface area contributed by atoms with E-state index < -0.39 is 27.5 Å². The standard InChI is InChI=1S/C16H23F3N2O2S/c1-2-20-11-13-7-9-21(10-8-13)24(22,23)12-14-5-3-4-6-15(14)16(17,18)19/h3-6,13,20H,2,7-12H2,1H3. The van der Waals surface area contributed by atoms with E-state index in [1.165, 1.54) is 22.5 Å². The Bertz CT molecular complexity index is 639. The van der Waals surface area contributed by atoms with Gasteiger partial charge in [0.05, 0.1) is 11.3 Å². The molecule has 0 radical (unpaired) electrons. The maximum atomic E-state index is 13.0. The summed E-state index contributed by atoms with van der Waals surface area (Å²) in [5.74, 6) is -0.195. The molecule has 1 aromatic rings. The Morgan fingerprint density at radius 2 is 1.83 bits per heavy atom. The van der Waals surface area contributed by atoms with Gasteiger partial charge in [-0.05, 0) is 43.5 Å². The minimum absolute atomic E-state index is 0.195. The molecule has 1 heterocycles. The van der Waals surface area contributed by atoms with Gasteiger partial charge in [0, 0.05) is 13.1 Å². The lowest BCUT2D eigenvalue weighted by atomic mass is 9.98. The Morgan fingerprint density at radius 1 is 1.21 bits per heavy atom. The van der Waals surface area contributed by atoms with E-state index in [-0.39, 0.29) is 5.56 Å². The highest BCUT2D eigenvalue weighted by molar-refractivity contribution is 7.88. The number of nitrogens with zero attached hydrogens (tertiary/aromatic N) is 1. The third-order valence-corrected chi connectivity index (χ3v) is 6.14. The molecule has 0 aliphatic carbocycles. The fourth-order valence-electron chi connectivity index (χ4n) is 2.95. The van der Waals surface area contributed by atoms with E-state index >= 15 is 0 Å². The number of rotatable bonds is 6. The van der Waals surface area contributed by atoms with E-state index in [9.17, 15) is 21.6 Å². The van der Waals surface area contributed by atoms with Crippen molar-refractivity contribution in [3.05, 3.63) is 35.4 Å². The summed E-state index contributed by atoms with van der Waals surface area (Å²) < 4.78 is 65.4. The molecular formula is C16H23F3N2O2S. The summed E-state index contributed by atoms with van der Waals surface area (Å²) in [4.78, 5) is 0. The molecule has 1 N–H and O–H groups in total.